The summed E-state index contributed by atoms with van der Waals surface area (Å²) in [5.41, 5.74) is 4.10. The standard InChI is InChI=1S/C26H25ClN4O2/c1-16(32)31(15-17-4-5-17)25-9-6-18(11-23(25)27)24-8-7-20(14-29-24)30-26(33)22-12-21(22)19-3-2-10-28-13-19/h2-3,6-11,13-14,17,21-22H,4-5,12,15H2,1H3,(H,30,33). The lowest BCUT2D eigenvalue weighted by Crippen LogP contribution is -2.30. The largest absolute Gasteiger partial charge is 0.324 e. The zero-order chi connectivity index (χ0) is 22.9. The topological polar surface area (TPSA) is 75.2 Å². The zero-order valence-corrected chi connectivity index (χ0v) is 19.1. The molecule has 6 nitrogen and oxygen atoms in total. The van der Waals surface area contributed by atoms with Crippen LogP contribution in [0.15, 0.2) is 61.1 Å². The van der Waals surface area contributed by atoms with Gasteiger partial charge in [-0.3, -0.25) is 19.6 Å². The maximum atomic E-state index is 12.6. The summed E-state index contributed by atoms with van der Waals surface area (Å²) in [6.45, 7) is 2.28. The Morgan fingerprint density at radius 2 is 2.00 bits per heavy atom. The van der Waals surface area contributed by atoms with Gasteiger partial charge in [-0.05, 0) is 67.0 Å². The molecule has 1 aromatic carbocycles. The molecule has 3 aromatic rings. The highest BCUT2D eigenvalue weighted by Gasteiger charge is 2.44. The summed E-state index contributed by atoms with van der Waals surface area (Å²) in [6, 6.07) is 13.3. The van der Waals surface area contributed by atoms with E-state index in [1.54, 1.807) is 24.2 Å². The third kappa shape index (κ3) is 4.91. The van der Waals surface area contributed by atoms with Gasteiger partial charge in [0.15, 0.2) is 0 Å². The molecule has 5 rings (SSSR count). The number of rotatable bonds is 7. The van der Waals surface area contributed by atoms with Crippen LogP contribution in [-0.4, -0.2) is 28.3 Å². The van der Waals surface area contributed by atoms with E-state index in [1.807, 2.05) is 48.7 Å². The van der Waals surface area contributed by atoms with Gasteiger partial charge in [0.05, 0.1) is 28.3 Å². The van der Waals surface area contributed by atoms with Gasteiger partial charge in [0.1, 0.15) is 0 Å². The average molecular weight is 461 g/mol. The number of hydrogen-bond donors (Lipinski definition) is 1. The number of aromatic nitrogens is 2. The maximum Gasteiger partial charge on any atom is 0.228 e. The van der Waals surface area contributed by atoms with Crippen molar-refractivity contribution in [1.29, 1.82) is 0 Å². The van der Waals surface area contributed by atoms with Gasteiger partial charge >= 0.3 is 0 Å². The highest BCUT2D eigenvalue weighted by atomic mass is 35.5. The van der Waals surface area contributed by atoms with Crippen molar-refractivity contribution in [1.82, 2.24) is 9.97 Å². The number of pyridine rings is 2. The quantitative estimate of drug-likeness (QED) is 0.519. The number of carbonyl (C=O) groups excluding carboxylic acids is 2. The van der Waals surface area contributed by atoms with Crippen LogP contribution in [-0.2, 0) is 9.59 Å². The molecule has 2 heterocycles. The first-order chi connectivity index (χ1) is 16.0. The molecule has 0 bridgehead atoms. The van der Waals surface area contributed by atoms with E-state index < -0.39 is 0 Å². The van der Waals surface area contributed by atoms with Gasteiger partial charge in [0.25, 0.3) is 0 Å². The fourth-order valence-corrected chi connectivity index (χ4v) is 4.44. The zero-order valence-electron chi connectivity index (χ0n) is 18.4. The number of nitrogens with zero attached hydrogens (tertiary/aromatic N) is 3. The maximum absolute atomic E-state index is 12.6. The molecular weight excluding hydrogens is 436 g/mol. The van der Waals surface area contributed by atoms with E-state index in [-0.39, 0.29) is 23.7 Å². The second-order valence-electron chi connectivity index (χ2n) is 8.90. The van der Waals surface area contributed by atoms with Gasteiger partial charge in [-0.2, -0.15) is 0 Å². The summed E-state index contributed by atoms with van der Waals surface area (Å²) in [5, 5.41) is 3.49. The van der Waals surface area contributed by atoms with E-state index in [4.69, 9.17) is 11.6 Å². The highest BCUT2D eigenvalue weighted by molar-refractivity contribution is 6.34. The van der Waals surface area contributed by atoms with Crippen LogP contribution >= 0.6 is 11.6 Å². The minimum absolute atomic E-state index is 0.00352. The van der Waals surface area contributed by atoms with E-state index in [2.05, 4.69) is 15.3 Å². The number of anilines is 2. The molecule has 2 aliphatic carbocycles. The molecule has 2 fully saturated rings. The molecule has 2 amide bonds. The monoisotopic (exact) mass is 460 g/mol. The van der Waals surface area contributed by atoms with E-state index in [0.717, 1.165) is 41.8 Å². The van der Waals surface area contributed by atoms with Crippen LogP contribution in [0, 0.1) is 11.8 Å². The second kappa shape index (κ2) is 8.94. The van der Waals surface area contributed by atoms with Crippen LogP contribution in [0.5, 0.6) is 0 Å². The molecule has 168 valence electrons. The molecule has 2 aromatic heterocycles. The van der Waals surface area contributed by atoms with Gasteiger partial charge in [0.2, 0.25) is 11.8 Å². The van der Waals surface area contributed by atoms with Gasteiger partial charge in [-0.1, -0.05) is 23.7 Å². The first-order valence-electron chi connectivity index (χ1n) is 11.2. The minimum atomic E-state index is -0.0277. The van der Waals surface area contributed by atoms with Crippen molar-refractivity contribution < 1.29 is 9.59 Å². The molecule has 33 heavy (non-hydrogen) atoms. The van der Waals surface area contributed by atoms with Gasteiger partial charge in [0, 0.05) is 37.3 Å². The van der Waals surface area contributed by atoms with E-state index in [1.165, 1.54) is 0 Å². The summed E-state index contributed by atoms with van der Waals surface area (Å²) >= 11 is 6.54. The van der Waals surface area contributed by atoms with Crippen molar-refractivity contribution in [2.45, 2.75) is 32.1 Å². The molecule has 0 aliphatic heterocycles. The Kier molecular flexibility index (Phi) is 5.85. The highest BCUT2D eigenvalue weighted by Crippen LogP contribution is 2.47. The van der Waals surface area contributed by atoms with Crippen molar-refractivity contribution in [2.75, 3.05) is 16.8 Å². The molecule has 0 radical (unpaired) electrons. The normalized spacial score (nSPS) is 19.1. The summed E-state index contributed by atoms with van der Waals surface area (Å²) in [4.78, 5) is 35.1. The Morgan fingerprint density at radius 3 is 2.64 bits per heavy atom. The fraction of sp³-hybridized carbons (Fsp3) is 0.308. The van der Waals surface area contributed by atoms with Crippen LogP contribution in [0.1, 0.15) is 37.7 Å². The number of halogens is 1. The van der Waals surface area contributed by atoms with Gasteiger partial charge in [-0.15, -0.1) is 0 Å². The van der Waals surface area contributed by atoms with Crippen LogP contribution in [0.2, 0.25) is 5.02 Å². The number of benzene rings is 1. The molecule has 2 atom stereocenters. The third-order valence-corrected chi connectivity index (χ3v) is 6.63. The Hall–Kier alpha value is -3.25. The lowest BCUT2D eigenvalue weighted by atomic mass is 10.1. The molecular formula is C26H25ClN4O2. The molecule has 2 unspecified atom stereocenters. The molecule has 2 saturated carbocycles. The van der Waals surface area contributed by atoms with Crippen molar-refractivity contribution in [3.63, 3.8) is 0 Å². The van der Waals surface area contributed by atoms with Gasteiger partial charge in [-0.25, -0.2) is 0 Å². The summed E-state index contributed by atoms with van der Waals surface area (Å²) in [7, 11) is 0. The van der Waals surface area contributed by atoms with Crippen LogP contribution in [0.4, 0.5) is 11.4 Å². The van der Waals surface area contributed by atoms with Crippen LogP contribution in [0.3, 0.4) is 0 Å². The Morgan fingerprint density at radius 1 is 1.15 bits per heavy atom. The van der Waals surface area contributed by atoms with Crippen molar-refractivity contribution in [3.05, 3.63) is 71.6 Å². The Balaban J connectivity index is 1.24. The number of nitrogens with one attached hydrogen (secondary N) is 1. The lowest BCUT2D eigenvalue weighted by Gasteiger charge is -2.22. The molecule has 7 heteroatoms. The summed E-state index contributed by atoms with van der Waals surface area (Å²) in [5.74, 6) is 0.785. The van der Waals surface area contributed by atoms with Crippen molar-refractivity contribution in [3.8, 4) is 11.3 Å². The van der Waals surface area contributed by atoms with E-state index >= 15 is 0 Å². The summed E-state index contributed by atoms with van der Waals surface area (Å²) in [6.07, 6.45) is 8.39. The van der Waals surface area contributed by atoms with E-state index in [0.29, 0.717) is 23.2 Å². The van der Waals surface area contributed by atoms with Gasteiger partial charge < -0.3 is 10.2 Å². The molecule has 0 spiro atoms. The SMILES string of the molecule is CC(=O)N(CC1CC1)c1ccc(-c2ccc(NC(=O)C3CC3c3cccnc3)cn2)cc1Cl. The van der Waals surface area contributed by atoms with Crippen molar-refractivity contribution in [2.24, 2.45) is 11.8 Å². The van der Waals surface area contributed by atoms with Crippen LogP contribution in [0.25, 0.3) is 11.3 Å². The Labute approximate surface area is 198 Å². The fourth-order valence-electron chi connectivity index (χ4n) is 4.16. The van der Waals surface area contributed by atoms with Crippen molar-refractivity contribution >= 4 is 34.8 Å². The first kappa shape index (κ1) is 21.6. The minimum Gasteiger partial charge on any atom is -0.324 e. The smallest absolute Gasteiger partial charge is 0.228 e. The van der Waals surface area contributed by atoms with Crippen LogP contribution < -0.4 is 10.2 Å². The Bertz CT molecular complexity index is 1180. The first-order valence-corrected chi connectivity index (χ1v) is 11.6. The molecule has 2 aliphatic rings. The average Bonchev–Trinajstić information content (AvgIpc) is 3.74. The lowest BCUT2D eigenvalue weighted by molar-refractivity contribution is -0.117. The predicted octanol–water partition coefficient (Wildman–Crippen LogP) is 5.30. The number of carbonyl (C=O) groups is 2. The second-order valence-corrected chi connectivity index (χ2v) is 9.30. The molecule has 0 saturated heterocycles. The number of hydrogen-bond acceptors (Lipinski definition) is 4. The summed E-state index contributed by atoms with van der Waals surface area (Å²) < 4.78 is 0. The van der Waals surface area contributed by atoms with E-state index in [9.17, 15) is 9.59 Å². The molecule has 1 N–H and O–H groups in total. The third-order valence-electron chi connectivity index (χ3n) is 6.32. The predicted molar refractivity (Wildman–Crippen MR) is 129 cm³/mol. The number of amides is 2.